The Kier molecular flexibility index (Phi) is 4.65. The number of sulfone groups is 1. The molecule has 27 heavy (non-hydrogen) atoms. The number of rotatable bonds is 3. The Bertz CT molecular complexity index is 945. The van der Waals surface area contributed by atoms with Crippen molar-refractivity contribution in [1.82, 2.24) is 25.0 Å². The molecule has 2 aromatic rings. The van der Waals surface area contributed by atoms with Crippen molar-refractivity contribution in [3.63, 3.8) is 0 Å². The third-order valence-corrected chi connectivity index (χ3v) is 6.93. The van der Waals surface area contributed by atoms with Crippen molar-refractivity contribution < 1.29 is 18.3 Å². The van der Waals surface area contributed by atoms with E-state index in [1.54, 1.807) is 23.2 Å². The van der Waals surface area contributed by atoms with Crippen molar-refractivity contribution in [2.45, 2.75) is 18.4 Å². The van der Waals surface area contributed by atoms with Gasteiger partial charge >= 0.3 is 0 Å². The molecule has 1 atom stereocenters. The minimum Gasteiger partial charge on any atom is -0.387 e. The van der Waals surface area contributed by atoms with Gasteiger partial charge in [-0.3, -0.25) is 14.8 Å². The topological polar surface area (TPSA) is 119 Å². The second-order valence-corrected chi connectivity index (χ2v) is 9.79. The summed E-state index contributed by atoms with van der Waals surface area (Å²) in [4.78, 5) is 20.8. The van der Waals surface area contributed by atoms with Gasteiger partial charge in [-0.25, -0.2) is 13.4 Å². The van der Waals surface area contributed by atoms with Crippen LogP contribution < -0.4 is 0 Å². The zero-order chi connectivity index (χ0) is 19.1. The summed E-state index contributed by atoms with van der Waals surface area (Å²) in [6.07, 6.45) is 2.93. The van der Waals surface area contributed by atoms with Gasteiger partial charge in [0, 0.05) is 31.6 Å². The summed E-state index contributed by atoms with van der Waals surface area (Å²) in [5.41, 5.74) is -0.157. The largest absolute Gasteiger partial charge is 0.387 e. The number of fused-ring (bicyclic) bond motifs is 1. The van der Waals surface area contributed by atoms with Crippen LogP contribution in [0.5, 0.6) is 0 Å². The second-order valence-electron chi connectivity index (χ2n) is 7.49. The third kappa shape index (κ3) is 3.97. The lowest BCUT2D eigenvalue weighted by molar-refractivity contribution is -0.0455. The van der Waals surface area contributed by atoms with Gasteiger partial charge in [-0.15, -0.1) is 0 Å². The fourth-order valence-electron chi connectivity index (χ4n) is 3.85. The number of piperidine rings is 1. The van der Waals surface area contributed by atoms with Crippen molar-refractivity contribution >= 4 is 26.8 Å². The first kappa shape index (κ1) is 18.3. The van der Waals surface area contributed by atoms with Crippen molar-refractivity contribution in [3.8, 4) is 0 Å². The maximum absolute atomic E-state index is 12.9. The van der Waals surface area contributed by atoms with E-state index < -0.39 is 15.4 Å². The second kappa shape index (κ2) is 6.84. The van der Waals surface area contributed by atoms with E-state index in [1.165, 1.54) is 0 Å². The van der Waals surface area contributed by atoms with Crippen LogP contribution in [0.1, 0.15) is 23.3 Å². The van der Waals surface area contributed by atoms with E-state index in [4.69, 9.17) is 0 Å². The average molecular weight is 393 g/mol. The molecule has 2 aliphatic rings. The molecule has 1 unspecified atom stereocenters. The number of amides is 1. The summed E-state index contributed by atoms with van der Waals surface area (Å²) in [7, 11) is -2.95. The van der Waals surface area contributed by atoms with Crippen LogP contribution in [-0.4, -0.2) is 94.2 Å². The molecule has 2 saturated heterocycles. The molecule has 2 aromatic heterocycles. The van der Waals surface area contributed by atoms with Gasteiger partial charge in [0.25, 0.3) is 5.91 Å². The van der Waals surface area contributed by atoms with Crippen LogP contribution in [0.4, 0.5) is 0 Å². The van der Waals surface area contributed by atoms with Crippen molar-refractivity contribution in [1.29, 1.82) is 0 Å². The zero-order valence-corrected chi connectivity index (χ0v) is 15.8. The lowest BCUT2D eigenvalue weighted by Gasteiger charge is -2.42. The van der Waals surface area contributed by atoms with Crippen LogP contribution in [0, 0.1) is 0 Å². The van der Waals surface area contributed by atoms with Gasteiger partial charge in [0.2, 0.25) is 0 Å². The zero-order valence-electron chi connectivity index (χ0n) is 15.0. The van der Waals surface area contributed by atoms with E-state index in [0.29, 0.717) is 50.4 Å². The summed E-state index contributed by atoms with van der Waals surface area (Å²) in [5, 5.41) is 18.5. The highest BCUT2D eigenvalue weighted by atomic mass is 32.2. The van der Waals surface area contributed by atoms with E-state index in [1.807, 2.05) is 4.90 Å². The lowest BCUT2D eigenvalue weighted by Crippen LogP contribution is -2.57. The molecule has 0 radical (unpaired) electrons. The van der Waals surface area contributed by atoms with E-state index in [-0.39, 0.29) is 24.0 Å². The van der Waals surface area contributed by atoms with Crippen molar-refractivity contribution in [2.75, 3.05) is 44.2 Å². The molecule has 0 aromatic carbocycles. The maximum Gasteiger partial charge on any atom is 0.272 e. The van der Waals surface area contributed by atoms with Crippen molar-refractivity contribution in [2.24, 2.45) is 0 Å². The molecule has 10 heteroatoms. The van der Waals surface area contributed by atoms with Crippen LogP contribution in [0.3, 0.4) is 0 Å². The van der Waals surface area contributed by atoms with Crippen LogP contribution >= 0.6 is 0 Å². The van der Waals surface area contributed by atoms with Crippen molar-refractivity contribution in [3.05, 3.63) is 24.0 Å². The van der Waals surface area contributed by atoms with Gasteiger partial charge in [-0.1, -0.05) is 0 Å². The smallest absolute Gasteiger partial charge is 0.272 e. The van der Waals surface area contributed by atoms with Gasteiger partial charge in [0.05, 0.1) is 29.8 Å². The molecule has 0 saturated carbocycles. The van der Waals surface area contributed by atoms with Gasteiger partial charge < -0.3 is 10.0 Å². The molecule has 4 heterocycles. The number of hydrogen-bond donors (Lipinski definition) is 2. The number of H-pyrrole nitrogens is 1. The number of hydrogen-bond acceptors (Lipinski definition) is 7. The Hall–Kier alpha value is -2.04. The number of nitrogens with zero attached hydrogens (tertiary/aromatic N) is 4. The Morgan fingerprint density at radius 2 is 2.04 bits per heavy atom. The molecule has 2 fully saturated rings. The Morgan fingerprint density at radius 1 is 1.26 bits per heavy atom. The number of aromatic nitrogens is 3. The minimum absolute atomic E-state index is 0.125. The summed E-state index contributed by atoms with van der Waals surface area (Å²) < 4.78 is 23.2. The summed E-state index contributed by atoms with van der Waals surface area (Å²) in [6.45, 7) is 2.02. The molecule has 0 bridgehead atoms. The molecular formula is C17H23N5O4S. The first-order valence-corrected chi connectivity index (χ1v) is 10.9. The quantitative estimate of drug-likeness (QED) is 0.732. The van der Waals surface area contributed by atoms with E-state index in [9.17, 15) is 18.3 Å². The molecule has 9 nitrogen and oxygen atoms in total. The highest BCUT2D eigenvalue weighted by molar-refractivity contribution is 7.91. The molecule has 4 rings (SSSR count). The van der Waals surface area contributed by atoms with Crippen LogP contribution in [0.2, 0.25) is 0 Å². The third-order valence-electron chi connectivity index (χ3n) is 5.32. The lowest BCUT2D eigenvalue weighted by atomic mass is 9.92. The van der Waals surface area contributed by atoms with Gasteiger partial charge in [0.15, 0.2) is 15.5 Å². The first-order valence-electron chi connectivity index (χ1n) is 9.08. The summed E-state index contributed by atoms with van der Waals surface area (Å²) in [5.74, 6) is 0.0329. The number of likely N-dealkylation sites (tertiary alicyclic amines) is 1. The van der Waals surface area contributed by atoms with Crippen LogP contribution in [0.15, 0.2) is 18.3 Å². The number of carbonyl (C=O) groups is 1. The Morgan fingerprint density at radius 3 is 2.81 bits per heavy atom. The maximum atomic E-state index is 12.9. The van der Waals surface area contributed by atoms with E-state index in [2.05, 4.69) is 15.2 Å². The van der Waals surface area contributed by atoms with Crippen LogP contribution in [-0.2, 0) is 9.84 Å². The van der Waals surface area contributed by atoms with E-state index >= 15 is 0 Å². The standard InChI is InChI=1S/C17H23N5O4S/c23-16(14-3-2-13-10-18-20-15(13)19-14)22-5-1-4-17(24,12-22)11-21-6-8-27(25,26)9-7-21/h2-3,10,24H,1,4-9,11-12H2,(H,18,19,20). The van der Waals surface area contributed by atoms with Gasteiger partial charge in [-0.2, -0.15) is 5.10 Å². The van der Waals surface area contributed by atoms with Gasteiger partial charge in [0.1, 0.15) is 5.69 Å². The fraction of sp³-hybridized carbons (Fsp3) is 0.588. The highest BCUT2D eigenvalue weighted by Gasteiger charge is 2.38. The number of nitrogens with one attached hydrogen (secondary N) is 1. The average Bonchev–Trinajstić information content (AvgIpc) is 3.10. The highest BCUT2D eigenvalue weighted by Crippen LogP contribution is 2.24. The summed E-state index contributed by atoms with van der Waals surface area (Å²) in [6, 6.07) is 3.47. The number of aromatic amines is 1. The Balaban J connectivity index is 1.44. The molecule has 146 valence electrons. The molecule has 2 aliphatic heterocycles. The number of pyridine rings is 1. The summed E-state index contributed by atoms with van der Waals surface area (Å²) >= 11 is 0. The van der Waals surface area contributed by atoms with Gasteiger partial charge in [-0.05, 0) is 25.0 Å². The predicted octanol–water partition coefficient (Wildman–Crippen LogP) is -0.345. The monoisotopic (exact) mass is 393 g/mol. The Labute approximate surface area is 157 Å². The van der Waals surface area contributed by atoms with Crippen LogP contribution in [0.25, 0.3) is 11.0 Å². The molecule has 2 N–H and O–H groups in total. The molecule has 0 spiro atoms. The SMILES string of the molecule is O=C(c1ccc2cn[nH]c2n1)N1CCCC(O)(CN2CCS(=O)(=O)CC2)C1. The number of carbonyl (C=O) groups excluding carboxylic acids is 1. The predicted molar refractivity (Wildman–Crippen MR) is 99.1 cm³/mol. The normalized spacial score (nSPS) is 26.3. The fourth-order valence-corrected chi connectivity index (χ4v) is 5.12. The number of aliphatic hydroxyl groups is 1. The molecule has 0 aliphatic carbocycles. The molecule has 1 amide bonds. The first-order chi connectivity index (χ1) is 12.8. The van der Waals surface area contributed by atoms with E-state index in [0.717, 1.165) is 5.39 Å². The molecular weight excluding hydrogens is 370 g/mol. The number of β-amino-alcohol motifs (C(OH)–C–C–N with tert-alkyl or cyclic N) is 1. The minimum atomic E-state index is -2.95.